The van der Waals surface area contributed by atoms with E-state index in [4.69, 9.17) is 21.1 Å². The summed E-state index contributed by atoms with van der Waals surface area (Å²) in [6.07, 6.45) is 0.0546. The first kappa shape index (κ1) is 22.0. The van der Waals surface area contributed by atoms with Gasteiger partial charge in [0.1, 0.15) is 18.1 Å². The zero-order valence-electron chi connectivity index (χ0n) is 17.2. The number of halogens is 1. The number of sulfonamides is 1. The van der Waals surface area contributed by atoms with Crippen LogP contribution in [0, 0.1) is 0 Å². The highest BCUT2D eigenvalue weighted by Crippen LogP contribution is 2.37. The molecule has 1 atom stereocenters. The fourth-order valence-corrected chi connectivity index (χ4v) is 4.35. The molecule has 0 aromatic heterocycles. The molecule has 4 rings (SSSR count). The summed E-state index contributed by atoms with van der Waals surface area (Å²) in [6.45, 7) is 0.281. The van der Waals surface area contributed by atoms with Gasteiger partial charge in [-0.1, -0.05) is 41.9 Å². The van der Waals surface area contributed by atoms with Crippen molar-refractivity contribution < 1.29 is 22.7 Å². The quantitative estimate of drug-likeness (QED) is 0.584. The lowest BCUT2D eigenvalue weighted by atomic mass is 10.2. The van der Waals surface area contributed by atoms with E-state index in [1.807, 2.05) is 30.3 Å². The van der Waals surface area contributed by atoms with Crippen molar-refractivity contribution in [3.05, 3.63) is 83.4 Å². The predicted octanol–water partition coefficient (Wildman–Crippen LogP) is 4.08. The van der Waals surface area contributed by atoms with E-state index in [0.29, 0.717) is 28.8 Å². The molecule has 166 valence electrons. The molecule has 3 aromatic carbocycles. The van der Waals surface area contributed by atoms with Crippen LogP contribution in [0.1, 0.15) is 5.56 Å². The van der Waals surface area contributed by atoms with Gasteiger partial charge in [0.05, 0.1) is 18.5 Å². The number of hydrogen-bond acceptors (Lipinski definition) is 5. The summed E-state index contributed by atoms with van der Waals surface area (Å²) in [5, 5.41) is 3.13. The van der Waals surface area contributed by atoms with Crippen LogP contribution in [0.3, 0.4) is 0 Å². The number of carbonyl (C=O) groups is 1. The highest BCUT2D eigenvalue weighted by Gasteiger charge is 2.35. The number of ether oxygens (including phenoxy) is 2. The maximum absolute atomic E-state index is 12.8. The van der Waals surface area contributed by atoms with E-state index in [2.05, 4.69) is 5.32 Å². The maximum atomic E-state index is 12.8. The lowest BCUT2D eigenvalue weighted by Gasteiger charge is -2.34. The number of carbonyl (C=O) groups excluding carboxylic acids is 1. The van der Waals surface area contributed by atoms with Gasteiger partial charge in [-0.05, 0) is 48.0 Å². The Labute approximate surface area is 191 Å². The van der Waals surface area contributed by atoms with Crippen LogP contribution in [-0.2, 0) is 21.4 Å². The third-order valence-electron chi connectivity index (χ3n) is 4.85. The smallest absolute Gasteiger partial charge is 0.267 e. The average molecular weight is 473 g/mol. The number of rotatable bonds is 6. The molecule has 7 nitrogen and oxygen atoms in total. The number of amides is 1. The molecular formula is C23H21ClN2O5S. The maximum Gasteiger partial charge on any atom is 0.267 e. The Morgan fingerprint density at radius 2 is 1.84 bits per heavy atom. The summed E-state index contributed by atoms with van der Waals surface area (Å²) in [4.78, 5) is 12.8. The number of benzene rings is 3. The van der Waals surface area contributed by atoms with Crippen molar-refractivity contribution in [3.63, 3.8) is 0 Å². The van der Waals surface area contributed by atoms with E-state index in [-0.39, 0.29) is 12.3 Å². The van der Waals surface area contributed by atoms with E-state index >= 15 is 0 Å². The number of hydrogen-bond donors (Lipinski definition) is 1. The lowest BCUT2D eigenvalue weighted by Crippen LogP contribution is -2.48. The lowest BCUT2D eigenvalue weighted by molar-refractivity contribution is -0.122. The highest BCUT2D eigenvalue weighted by molar-refractivity contribution is 7.92. The van der Waals surface area contributed by atoms with Crippen LogP contribution in [0.25, 0.3) is 0 Å². The molecule has 1 N–H and O–H groups in total. The van der Waals surface area contributed by atoms with Gasteiger partial charge in [-0.15, -0.1) is 0 Å². The van der Waals surface area contributed by atoms with Crippen molar-refractivity contribution in [2.24, 2.45) is 0 Å². The minimum Gasteiger partial charge on any atom is -0.489 e. The molecule has 0 bridgehead atoms. The van der Waals surface area contributed by atoms with Gasteiger partial charge in [0.15, 0.2) is 6.10 Å². The molecule has 0 spiro atoms. The van der Waals surface area contributed by atoms with Crippen molar-refractivity contribution in [2.75, 3.05) is 22.4 Å². The molecular weight excluding hydrogens is 452 g/mol. The molecule has 0 radical (unpaired) electrons. The van der Waals surface area contributed by atoms with Gasteiger partial charge in [0, 0.05) is 10.7 Å². The van der Waals surface area contributed by atoms with Crippen molar-refractivity contribution >= 4 is 38.9 Å². The Hall–Kier alpha value is -3.23. The summed E-state index contributed by atoms with van der Waals surface area (Å²) in [7, 11) is -3.63. The SMILES string of the molecule is CS(=O)(=O)N1C[C@H](C(=O)Nc2ccc(OCc3ccccc3)cc2)Oc2ccc(Cl)cc21. The molecule has 0 aliphatic carbocycles. The third kappa shape index (κ3) is 5.15. The fraction of sp³-hybridized carbons (Fsp3) is 0.174. The second-order valence-electron chi connectivity index (χ2n) is 7.30. The first-order valence-corrected chi connectivity index (χ1v) is 12.0. The highest BCUT2D eigenvalue weighted by atomic mass is 35.5. The normalized spacial score (nSPS) is 15.4. The van der Waals surface area contributed by atoms with Gasteiger partial charge < -0.3 is 14.8 Å². The first-order valence-electron chi connectivity index (χ1n) is 9.81. The zero-order valence-corrected chi connectivity index (χ0v) is 18.8. The molecule has 1 amide bonds. The zero-order chi connectivity index (χ0) is 22.7. The Morgan fingerprint density at radius 3 is 2.53 bits per heavy atom. The van der Waals surface area contributed by atoms with Crippen molar-refractivity contribution in [2.45, 2.75) is 12.7 Å². The molecule has 1 aliphatic rings. The molecule has 3 aromatic rings. The van der Waals surface area contributed by atoms with Gasteiger partial charge in [0.25, 0.3) is 5.91 Å². The summed E-state index contributed by atoms with van der Waals surface area (Å²) in [5.41, 5.74) is 1.90. The predicted molar refractivity (Wildman–Crippen MR) is 124 cm³/mol. The summed E-state index contributed by atoms with van der Waals surface area (Å²) in [6, 6.07) is 21.3. The van der Waals surface area contributed by atoms with Crippen molar-refractivity contribution in [1.29, 1.82) is 0 Å². The van der Waals surface area contributed by atoms with Gasteiger partial charge in [-0.25, -0.2) is 8.42 Å². The minimum absolute atomic E-state index is 0.156. The molecule has 1 aliphatic heterocycles. The standard InChI is InChI=1S/C23H21ClN2O5S/c1-32(28,29)26-14-22(31-21-12-7-17(24)13-20(21)26)23(27)25-18-8-10-19(11-9-18)30-15-16-5-3-2-4-6-16/h2-13,22H,14-15H2,1H3,(H,25,27)/t22-/m1/s1. The summed E-state index contributed by atoms with van der Waals surface area (Å²) in [5.74, 6) is 0.475. The van der Waals surface area contributed by atoms with Crippen molar-refractivity contribution in [3.8, 4) is 11.5 Å². The van der Waals surface area contributed by atoms with Crippen LogP contribution in [0.4, 0.5) is 11.4 Å². The van der Waals surface area contributed by atoms with Crippen LogP contribution < -0.4 is 19.1 Å². The first-order chi connectivity index (χ1) is 15.3. The van der Waals surface area contributed by atoms with Gasteiger partial charge in [0.2, 0.25) is 10.0 Å². The Bertz CT molecular complexity index is 1220. The number of fused-ring (bicyclic) bond motifs is 1. The number of anilines is 2. The minimum atomic E-state index is -3.63. The van der Waals surface area contributed by atoms with E-state index in [0.717, 1.165) is 16.1 Å². The van der Waals surface area contributed by atoms with E-state index in [9.17, 15) is 13.2 Å². The second kappa shape index (κ2) is 9.10. The fourth-order valence-electron chi connectivity index (χ4n) is 3.27. The Kier molecular flexibility index (Phi) is 6.25. The monoisotopic (exact) mass is 472 g/mol. The topological polar surface area (TPSA) is 84.9 Å². The van der Waals surface area contributed by atoms with Gasteiger partial charge in [-0.2, -0.15) is 0 Å². The number of nitrogens with one attached hydrogen (secondary N) is 1. The molecule has 0 saturated carbocycles. The van der Waals surface area contributed by atoms with Gasteiger partial charge in [-0.3, -0.25) is 9.10 Å². The van der Waals surface area contributed by atoms with E-state index in [1.165, 1.54) is 6.07 Å². The van der Waals surface area contributed by atoms with E-state index in [1.54, 1.807) is 36.4 Å². The molecule has 0 fully saturated rings. The third-order valence-corrected chi connectivity index (χ3v) is 6.24. The van der Waals surface area contributed by atoms with Crippen LogP contribution in [0.5, 0.6) is 11.5 Å². The van der Waals surface area contributed by atoms with E-state index < -0.39 is 22.0 Å². The average Bonchev–Trinajstić information content (AvgIpc) is 2.78. The summed E-state index contributed by atoms with van der Waals surface area (Å²) < 4.78 is 37.2. The summed E-state index contributed by atoms with van der Waals surface area (Å²) >= 11 is 6.00. The van der Waals surface area contributed by atoms with Gasteiger partial charge >= 0.3 is 0 Å². The molecule has 1 heterocycles. The van der Waals surface area contributed by atoms with Crippen LogP contribution in [0.15, 0.2) is 72.8 Å². The van der Waals surface area contributed by atoms with Crippen LogP contribution >= 0.6 is 11.6 Å². The molecule has 0 unspecified atom stereocenters. The Morgan fingerprint density at radius 1 is 1.12 bits per heavy atom. The van der Waals surface area contributed by atoms with Crippen LogP contribution in [-0.4, -0.2) is 33.2 Å². The molecule has 32 heavy (non-hydrogen) atoms. The largest absolute Gasteiger partial charge is 0.489 e. The van der Waals surface area contributed by atoms with Crippen molar-refractivity contribution in [1.82, 2.24) is 0 Å². The molecule has 9 heteroatoms. The molecule has 0 saturated heterocycles. The number of nitrogens with zero attached hydrogens (tertiary/aromatic N) is 1. The Balaban J connectivity index is 1.43. The second-order valence-corrected chi connectivity index (χ2v) is 9.64. The van der Waals surface area contributed by atoms with Crippen LogP contribution in [0.2, 0.25) is 5.02 Å².